The van der Waals surface area contributed by atoms with E-state index in [1.54, 1.807) is 0 Å². The number of carbonyl (C=O) groups is 2. The lowest BCUT2D eigenvalue weighted by Crippen LogP contribution is -2.19. The molecule has 2 aromatic rings. The van der Waals surface area contributed by atoms with Crippen molar-refractivity contribution in [2.45, 2.75) is 97.8 Å². The molecule has 0 amide bonds. The van der Waals surface area contributed by atoms with E-state index in [-0.39, 0.29) is 17.3 Å². The molecule has 0 saturated heterocycles. The van der Waals surface area contributed by atoms with Crippen LogP contribution in [0.2, 0.25) is 0 Å². The molecule has 4 heteroatoms. The summed E-state index contributed by atoms with van der Waals surface area (Å²) >= 11 is 0. The summed E-state index contributed by atoms with van der Waals surface area (Å²) in [7, 11) is 0. The molecule has 2 rings (SSSR count). The van der Waals surface area contributed by atoms with Crippen LogP contribution in [0.25, 0.3) is 0 Å². The predicted octanol–water partition coefficient (Wildman–Crippen LogP) is 7.73. The minimum Gasteiger partial charge on any atom is -0.422 e. The minimum atomic E-state index is -0.345. The van der Waals surface area contributed by atoms with Crippen LogP contribution in [0, 0.1) is 6.92 Å². The largest absolute Gasteiger partial charge is 0.422 e. The van der Waals surface area contributed by atoms with Gasteiger partial charge in [-0.2, -0.15) is 0 Å². The van der Waals surface area contributed by atoms with Crippen LogP contribution < -0.4 is 4.74 Å². The Morgan fingerprint density at radius 2 is 1.77 bits per heavy atom. The normalized spacial score (nSPS) is 12.4. The fourth-order valence-electron chi connectivity index (χ4n) is 4.22. The van der Waals surface area contributed by atoms with Crippen molar-refractivity contribution < 1.29 is 19.1 Å². The van der Waals surface area contributed by atoms with Crippen LogP contribution in [0.15, 0.2) is 36.4 Å². The van der Waals surface area contributed by atoms with Crippen molar-refractivity contribution in [3.8, 4) is 5.75 Å². The number of ether oxygens (including phenoxy) is 2. The maximum Gasteiger partial charge on any atom is 0.343 e. The quantitative estimate of drug-likeness (QED) is 0.113. The number of hydrogen-bond acceptors (Lipinski definition) is 4. The molecule has 0 bridgehead atoms. The first-order valence-electron chi connectivity index (χ1n) is 13.2. The Morgan fingerprint density at radius 1 is 1.06 bits per heavy atom. The number of aryl methyl sites for hydroxylation is 2. The van der Waals surface area contributed by atoms with Crippen molar-refractivity contribution in [1.29, 1.82) is 0 Å². The first kappa shape index (κ1) is 28.8. The van der Waals surface area contributed by atoms with E-state index >= 15 is 0 Å². The van der Waals surface area contributed by atoms with Gasteiger partial charge in [0.15, 0.2) is 0 Å². The molecule has 2 aromatic carbocycles. The second-order valence-corrected chi connectivity index (χ2v) is 10.1. The molecule has 192 valence electrons. The molecule has 1 atom stereocenters. The van der Waals surface area contributed by atoms with E-state index in [4.69, 9.17) is 9.47 Å². The molecule has 35 heavy (non-hydrogen) atoms. The van der Waals surface area contributed by atoms with Crippen LogP contribution in [0.1, 0.15) is 112 Å². The van der Waals surface area contributed by atoms with Crippen LogP contribution in [-0.2, 0) is 21.4 Å². The van der Waals surface area contributed by atoms with E-state index in [1.165, 1.54) is 11.1 Å². The molecule has 0 fully saturated rings. The van der Waals surface area contributed by atoms with Gasteiger partial charge in [-0.05, 0) is 80.2 Å². The van der Waals surface area contributed by atoms with Crippen LogP contribution in [0.3, 0.4) is 0 Å². The predicted molar refractivity (Wildman–Crippen MR) is 144 cm³/mol. The standard InChI is InChI=1S/C31H44O4/c1-7-10-13-24-15-17-25(18-16-24)30(33)35-29-23(4)20-27(31(5,6)8-2)21-28(29)26(22-34-9-3)14-11-12-19-32/h15-21,26H,7-14,22H2,1-6H3. The first-order chi connectivity index (χ1) is 16.8. The summed E-state index contributed by atoms with van der Waals surface area (Å²) < 4.78 is 11.9. The Kier molecular flexibility index (Phi) is 11.7. The molecule has 0 spiro atoms. The third-order valence-electron chi connectivity index (χ3n) is 7.01. The Labute approximate surface area is 212 Å². The summed E-state index contributed by atoms with van der Waals surface area (Å²) in [6, 6.07) is 12.1. The maximum atomic E-state index is 13.2. The van der Waals surface area contributed by atoms with Gasteiger partial charge in [0.05, 0.1) is 12.2 Å². The summed E-state index contributed by atoms with van der Waals surface area (Å²) in [6.07, 6.45) is 7.34. The molecule has 0 heterocycles. The number of carbonyl (C=O) groups excluding carboxylic acids is 2. The molecular weight excluding hydrogens is 436 g/mol. The van der Waals surface area contributed by atoms with Crippen molar-refractivity contribution in [3.63, 3.8) is 0 Å². The van der Waals surface area contributed by atoms with Gasteiger partial charge in [0.1, 0.15) is 12.0 Å². The van der Waals surface area contributed by atoms with Gasteiger partial charge >= 0.3 is 5.97 Å². The lowest BCUT2D eigenvalue weighted by Gasteiger charge is -2.28. The molecular formula is C31H44O4. The molecule has 0 aliphatic heterocycles. The maximum absolute atomic E-state index is 13.2. The molecule has 0 aliphatic rings. The number of benzene rings is 2. The molecule has 0 saturated carbocycles. The third-order valence-corrected chi connectivity index (χ3v) is 7.01. The fraction of sp³-hybridized carbons (Fsp3) is 0.548. The Morgan fingerprint density at radius 3 is 2.37 bits per heavy atom. The first-order valence-corrected chi connectivity index (χ1v) is 13.2. The van der Waals surface area contributed by atoms with Crippen LogP contribution in [0.5, 0.6) is 5.75 Å². The van der Waals surface area contributed by atoms with Gasteiger partial charge < -0.3 is 14.3 Å². The van der Waals surface area contributed by atoms with E-state index in [2.05, 4.69) is 39.8 Å². The lowest BCUT2D eigenvalue weighted by atomic mass is 9.79. The zero-order chi connectivity index (χ0) is 25.8. The molecule has 0 N–H and O–H groups in total. The fourth-order valence-corrected chi connectivity index (χ4v) is 4.22. The van der Waals surface area contributed by atoms with Crippen molar-refractivity contribution in [3.05, 3.63) is 64.2 Å². The zero-order valence-corrected chi connectivity index (χ0v) is 22.6. The number of esters is 1. The van der Waals surface area contributed by atoms with Crippen molar-refractivity contribution in [2.24, 2.45) is 0 Å². The Hall–Kier alpha value is -2.46. The second kappa shape index (κ2) is 14.2. The van der Waals surface area contributed by atoms with Crippen LogP contribution >= 0.6 is 0 Å². The van der Waals surface area contributed by atoms with Crippen molar-refractivity contribution >= 4 is 12.3 Å². The van der Waals surface area contributed by atoms with Gasteiger partial charge in [-0.3, -0.25) is 0 Å². The second-order valence-electron chi connectivity index (χ2n) is 10.1. The highest BCUT2D eigenvalue weighted by molar-refractivity contribution is 5.91. The Balaban J connectivity index is 2.45. The van der Waals surface area contributed by atoms with Gasteiger partial charge in [-0.15, -0.1) is 0 Å². The summed E-state index contributed by atoms with van der Waals surface area (Å²) in [5.74, 6) is 0.318. The van der Waals surface area contributed by atoms with Gasteiger partial charge in [0.25, 0.3) is 0 Å². The SMILES string of the molecule is CCCCc1ccc(C(=O)Oc2c(C)cc(C(C)(C)CC)cc2C(CCCC=O)COCC)cc1. The molecule has 1 unspecified atom stereocenters. The smallest absolute Gasteiger partial charge is 0.343 e. The van der Waals surface area contributed by atoms with Gasteiger partial charge in [-0.25, -0.2) is 4.79 Å². The summed E-state index contributed by atoms with van der Waals surface area (Å²) in [6.45, 7) is 14.0. The average Bonchev–Trinajstić information content (AvgIpc) is 2.86. The van der Waals surface area contributed by atoms with Gasteiger partial charge in [0, 0.05) is 24.5 Å². The number of hydrogen-bond donors (Lipinski definition) is 0. The zero-order valence-electron chi connectivity index (χ0n) is 22.6. The van der Waals surface area contributed by atoms with Gasteiger partial charge in [0.2, 0.25) is 0 Å². The molecule has 0 aliphatic carbocycles. The molecule has 0 aromatic heterocycles. The number of rotatable bonds is 15. The van der Waals surface area contributed by atoms with Crippen LogP contribution in [-0.4, -0.2) is 25.5 Å². The molecule has 0 radical (unpaired) electrons. The van der Waals surface area contributed by atoms with Crippen molar-refractivity contribution in [1.82, 2.24) is 0 Å². The summed E-state index contributed by atoms with van der Waals surface area (Å²) in [5.41, 5.74) is 4.95. The summed E-state index contributed by atoms with van der Waals surface area (Å²) in [4.78, 5) is 24.1. The lowest BCUT2D eigenvalue weighted by molar-refractivity contribution is -0.108. The van der Waals surface area contributed by atoms with Crippen LogP contribution in [0.4, 0.5) is 0 Å². The highest BCUT2D eigenvalue weighted by Crippen LogP contribution is 2.39. The molecule has 4 nitrogen and oxygen atoms in total. The Bertz CT molecular complexity index is 943. The number of unbranched alkanes of at least 4 members (excludes halogenated alkanes) is 2. The third kappa shape index (κ3) is 8.31. The highest BCUT2D eigenvalue weighted by Gasteiger charge is 2.26. The van der Waals surface area contributed by atoms with E-state index in [1.807, 2.05) is 38.1 Å². The summed E-state index contributed by atoms with van der Waals surface area (Å²) in [5, 5.41) is 0. The average molecular weight is 481 g/mol. The topological polar surface area (TPSA) is 52.6 Å². The van der Waals surface area contributed by atoms with E-state index in [0.29, 0.717) is 30.9 Å². The van der Waals surface area contributed by atoms with E-state index in [0.717, 1.165) is 55.9 Å². The minimum absolute atomic E-state index is 0.00463. The highest BCUT2D eigenvalue weighted by atomic mass is 16.5. The van der Waals surface area contributed by atoms with Gasteiger partial charge in [-0.1, -0.05) is 58.4 Å². The van der Waals surface area contributed by atoms with Crippen molar-refractivity contribution in [2.75, 3.05) is 13.2 Å². The number of aldehydes is 1. The van der Waals surface area contributed by atoms with E-state index < -0.39 is 0 Å². The van der Waals surface area contributed by atoms with E-state index in [9.17, 15) is 9.59 Å². The monoisotopic (exact) mass is 480 g/mol.